The first kappa shape index (κ1) is 13.8. The van der Waals surface area contributed by atoms with Crippen LogP contribution in [0.5, 0.6) is 0 Å². The summed E-state index contributed by atoms with van der Waals surface area (Å²) in [5.41, 5.74) is 0.824. The van der Waals surface area contributed by atoms with Gasteiger partial charge in [0.25, 0.3) is 0 Å². The molecule has 21 heavy (non-hydrogen) atoms. The Morgan fingerprint density at radius 1 is 1.52 bits per heavy atom. The van der Waals surface area contributed by atoms with Crippen molar-refractivity contribution < 1.29 is 9.90 Å². The number of H-pyrrole nitrogens is 1. The third-order valence-electron chi connectivity index (χ3n) is 4.07. The summed E-state index contributed by atoms with van der Waals surface area (Å²) in [7, 11) is 0. The van der Waals surface area contributed by atoms with Crippen molar-refractivity contribution in [1.82, 2.24) is 19.9 Å². The minimum atomic E-state index is -0.766. The van der Waals surface area contributed by atoms with Crippen molar-refractivity contribution in [1.29, 1.82) is 0 Å². The molecule has 0 unspecified atom stereocenters. The SMILES string of the molecule is CCN(CC(=O)O)C1CC(Nc2ncnc3[nH]ccc23)C1. The lowest BCUT2D eigenvalue weighted by Crippen LogP contribution is -2.51. The lowest BCUT2D eigenvalue weighted by molar-refractivity contribution is -0.139. The second-order valence-corrected chi connectivity index (χ2v) is 5.39. The molecule has 1 saturated carbocycles. The molecule has 0 bridgehead atoms. The summed E-state index contributed by atoms with van der Waals surface area (Å²) in [6, 6.07) is 2.63. The van der Waals surface area contributed by atoms with Crippen molar-refractivity contribution in [3.8, 4) is 0 Å². The summed E-state index contributed by atoms with van der Waals surface area (Å²) in [5, 5.41) is 13.3. The molecule has 0 spiro atoms. The standard InChI is InChI=1S/C14H19N5O2/c1-2-19(7-12(20)21)10-5-9(6-10)18-14-11-3-4-15-13(11)16-8-17-14/h3-4,8-10H,2,5-7H2,1H3,(H,20,21)(H2,15,16,17,18). The number of carbonyl (C=O) groups is 1. The number of carboxylic acids is 1. The van der Waals surface area contributed by atoms with E-state index in [2.05, 4.69) is 20.3 Å². The van der Waals surface area contributed by atoms with Crippen LogP contribution in [-0.4, -0.2) is 56.1 Å². The van der Waals surface area contributed by atoms with Gasteiger partial charge in [-0.25, -0.2) is 9.97 Å². The van der Waals surface area contributed by atoms with E-state index in [-0.39, 0.29) is 6.54 Å². The Morgan fingerprint density at radius 2 is 2.33 bits per heavy atom. The van der Waals surface area contributed by atoms with Crippen LogP contribution in [-0.2, 0) is 4.79 Å². The molecule has 2 aromatic rings. The molecule has 0 saturated heterocycles. The first-order valence-electron chi connectivity index (χ1n) is 7.18. The quantitative estimate of drug-likeness (QED) is 0.742. The first-order valence-corrected chi connectivity index (χ1v) is 7.18. The highest BCUT2D eigenvalue weighted by molar-refractivity contribution is 5.86. The van der Waals surface area contributed by atoms with E-state index in [1.54, 1.807) is 6.33 Å². The molecule has 0 aromatic carbocycles. The number of hydrogen-bond acceptors (Lipinski definition) is 5. The Kier molecular flexibility index (Phi) is 3.74. The number of nitrogens with zero attached hydrogens (tertiary/aromatic N) is 3. The number of anilines is 1. The summed E-state index contributed by atoms with van der Waals surface area (Å²) in [6.07, 6.45) is 5.27. The van der Waals surface area contributed by atoms with Gasteiger partial charge < -0.3 is 15.4 Å². The van der Waals surface area contributed by atoms with Gasteiger partial charge in [0.05, 0.1) is 11.9 Å². The number of nitrogens with one attached hydrogen (secondary N) is 2. The van der Waals surface area contributed by atoms with Gasteiger partial charge in [0.15, 0.2) is 0 Å². The summed E-state index contributed by atoms with van der Waals surface area (Å²) in [5.74, 6) is 0.0732. The third-order valence-corrected chi connectivity index (χ3v) is 4.07. The van der Waals surface area contributed by atoms with E-state index >= 15 is 0 Å². The van der Waals surface area contributed by atoms with Gasteiger partial charge in [0, 0.05) is 18.3 Å². The van der Waals surface area contributed by atoms with E-state index in [0.29, 0.717) is 12.1 Å². The molecule has 7 nitrogen and oxygen atoms in total. The van der Waals surface area contributed by atoms with E-state index in [9.17, 15) is 4.79 Å². The molecule has 1 aliphatic carbocycles. The van der Waals surface area contributed by atoms with Crippen LogP contribution in [0, 0.1) is 0 Å². The van der Waals surface area contributed by atoms with Crippen LogP contribution >= 0.6 is 0 Å². The Balaban J connectivity index is 1.59. The summed E-state index contributed by atoms with van der Waals surface area (Å²) in [6.45, 7) is 2.88. The molecule has 2 aromatic heterocycles. The number of aromatic amines is 1. The van der Waals surface area contributed by atoms with Crippen LogP contribution in [0.4, 0.5) is 5.82 Å². The van der Waals surface area contributed by atoms with E-state index in [1.807, 2.05) is 24.1 Å². The maximum absolute atomic E-state index is 10.8. The van der Waals surface area contributed by atoms with Gasteiger partial charge in [-0.15, -0.1) is 0 Å². The molecule has 7 heteroatoms. The lowest BCUT2D eigenvalue weighted by atomic mass is 9.85. The van der Waals surface area contributed by atoms with Crippen molar-refractivity contribution in [2.75, 3.05) is 18.4 Å². The van der Waals surface area contributed by atoms with Crippen molar-refractivity contribution in [2.45, 2.75) is 31.8 Å². The predicted molar refractivity (Wildman–Crippen MR) is 79.2 cm³/mol. The molecule has 0 amide bonds. The van der Waals surface area contributed by atoms with Crippen LogP contribution in [0.25, 0.3) is 11.0 Å². The Hall–Kier alpha value is -2.15. The summed E-state index contributed by atoms with van der Waals surface area (Å²) >= 11 is 0. The second-order valence-electron chi connectivity index (χ2n) is 5.39. The molecule has 1 fully saturated rings. The fourth-order valence-electron chi connectivity index (χ4n) is 2.86. The number of hydrogen-bond donors (Lipinski definition) is 3. The van der Waals surface area contributed by atoms with Gasteiger partial charge in [-0.1, -0.05) is 6.92 Å². The number of carboxylic acid groups (broad SMARTS) is 1. The number of aliphatic carboxylic acids is 1. The lowest BCUT2D eigenvalue weighted by Gasteiger charge is -2.42. The molecule has 0 radical (unpaired) electrons. The van der Waals surface area contributed by atoms with Crippen LogP contribution in [0.1, 0.15) is 19.8 Å². The second kappa shape index (κ2) is 5.69. The highest BCUT2D eigenvalue weighted by Crippen LogP contribution is 2.29. The zero-order valence-corrected chi connectivity index (χ0v) is 11.9. The van der Waals surface area contributed by atoms with Gasteiger partial charge in [-0.3, -0.25) is 9.69 Å². The maximum Gasteiger partial charge on any atom is 0.317 e. The predicted octanol–water partition coefficient (Wildman–Crippen LogP) is 1.31. The monoisotopic (exact) mass is 289 g/mol. The van der Waals surface area contributed by atoms with Crippen LogP contribution in [0.3, 0.4) is 0 Å². The highest BCUT2D eigenvalue weighted by Gasteiger charge is 2.34. The van der Waals surface area contributed by atoms with E-state index < -0.39 is 5.97 Å². The molecule has 0 atom stereocenters. The molecular weight excluding hydrogens is 270 g/mol. The topological polar surface area (TPSA) is 94.1 Å². The molecule has 1 aliphatic rings. The van der Waals surface area contributed by atoms with Crippen LogP contribution in [0.15, 0.2) is 18.6 Å². The van der Waals surface area contributed by atoms with E-state index in [4.69, 9.17) is 5.11 Å². The Labute approximate surface area is 122 Å². The maximum atomic E-state index is 10.8. The Bertz CT molecular complexity index is 635. The zero-order chi connectivity index (χ0) is 14.8. The van der Waals surface area contributed by atoms with Gasteiger partial charge in [-0.2, -0.15) is 0 Å². The van der Waals surface area contributed by atoms with Crippen LogP contribution < -0.4 is 5.32 Å². The minimum Gasteiger partial charge on any atom is -0.480 e. The van der Waals surface area contributed by atoms with Crippen molar-refractivity contribution >= 4 is 22.8 Å². The van der Waals surface area contributed by atoms with Crippen molar-refractivity contribution in [3.63, 3.8) is 0 Å². The van der Waals surface area contributed by atoms with Crippen LogP contribution in [0.2, 0.25) is 0 Å². The van der Waals surface area contributed by atoms with Gasteiger partial charge in [0.1, 0.15) is 17.8 Å². The third kappa shape index (κ3) is 2.82. The highest BCUT2D eigenvalue weighted by atomic mass is 16.4. The fraction of sp³-hybridized carbons (Fsp3) is 0.500. The number of fused-ring (bicyclic) bond motifs is 1. The average Bonchev–Trinajstić information content (AvgIpc) is 2.89. The smallest absolute Gasteiger partial charge is 0.317 e. The number of rotatable bonds is 6. The first-order chi connectivity index (χ1) is 10.2. The molecule has 3 rings (SSSR count). The van der Waals surface area contributed by atoms with E-state index in [0.717, 1.165) is 36.2 Å². The average molecular weight is 289 g/mol. The van der Waals surface area contributed by atoms with Gasteiger partial charge in [0.2, 0.25) is 0 Å². The molecule has 0 aliphatic heterocycles. The van der Waals surface area contributed by atoms with Crippen molar-refractivity contribution in [3.05, 3.63) is 18.6 Å². The minimum absolute atomic E-state index is 0.115. The Morgan fingerprint density at radius 3 is 3.05 bits per heavy atom. The van der Waals surface area contributed by atoms with E-state index in [1.165, 1.54) is 0 Å². The largest absolute Gasteiger partial charge is 0.480 e. The van der Waals surface area contributed by atoms with Gasteiger partial charge >= 0.3 is 5.97 Å². The molecule has 112 valence electrons. The normalized spacial score (nSPS) is 21.4. The molecule has 2 heterocycles. The molecule has 3 N–H and O–H groups in total. The summed E-state index contributed by atoms with van der Waals surface area (Å²) in [4.78, 5) is 24.3. The summed E-state index contributed by atoms with van der Waals surface area (Å²) < 4.78 is 0. The fourth-order valence-corrected chi connectivity index (χ4v) is 2.86. The number of likely N-dealkylation sites (N-methyl/N-ethyl adjacent to an activating group) is 1. The number of aromatic nitrogens is 3. The van der Waals surface area contributed by atoms with Gasteiger partial charge in [-0.05, 0) is 25.5 Å². The zero-order valence-electron chi connectivity index (χ0n) is 11.9. The van der Waals surface area contributed by atoms with Crippen molar-refractivity contribution in [2.24, 2.45) is 0 Å². The molecular formula is C14H19N5O2.